The molecule has 1 N–H and O–H groups in total. The molecule has 0 saturated carbocycles. The van der Waals surface area contributed by atoms with E-state index in [4.69, 9.17) is 9.15 Å². The third-order valence-electron chi connectivity index (χ3n) is 6.14. The van der Waals surface area contributed by atoms with Crippen molar-refractivity contribution in [3.63, 3.8) is 0 Å². The molecule has 1 amide bonds. The number of likely N-dealkylation sites (tertiary alicyclic amines) is 1. The van der Waals surface area contributed by atoms with Crippen LogP contribution in [0.2, 0.25) is 0 Å². The highest BCUT2D eigenvalue weighted by Crippen LogP contribution is 2.31. The van der Waals surface area contributed by atoms with Crippen molar-refractivity contribution in [1.82, 2.24) is 19.8 Å². The monoisotopic (exact) mass is 478 g/mol. The van der Waals surface area contributed by atoms with Crippen molar-refractivity contribution < 1.29 is 13.9 Å². The van der Waals surface area contributed by atoms with Crippen molar-refractivity contribution in [3.05, 3.63) is 71.2 Å². The Hall–Kier alpha value is -3.43. The van der Waals surface area contributed by atoms with Gasteiger partial charge in [0.15, 0.2) is 0 Å². The molecule has 1 atom stereocenters. The first-order valence-electron chi connectivity index (χ1n) is 11.3. The predicted octanol–water partition coefficient (Wildman–Crippen LogP) is 3.68. The highest BCUT2D eigenvalue weighted by Gasteiger charge is 2.26. The molecule has 1 saturated heterocycles. The quantitative estimate of drug-likeness (QED) is 0.416. The van der Waals surface area contributed by atoms with Crippen LogP contribution in [0, 0.1) is 0 Å². The Bertz CT molecular complexity index is 1320. The van der Waals surface area contributed by atoms with E-state index in [2.05, 4.69) is 15.2 Å². The van der Waals surface area contributed by atoms with Gasteiger partial charge in [0.25, 0.3) is 5.56 Å². The van der Waals surface area contributed by atoms with Crippen LogP contribution >= 0.6 is 11.3 Å². The molecule has 3 aromatic heterocycles. The fraction of sp³-hybridized carbons (Fsp3) is 0.320. The lowest BCUT2D eigenvalue weighted by atomic mass is 10.2. The van der Waals surface area contributed by atoms with E-state index in [0.717, 1.165) is 47.9 Å². The summed E-state index contributed by atoms with van der Waals surface area (Å²) in [6.07, 6.45) is 5.39. The molecule has 5 rings (SSSR count). The summed E-state index contributed by atoms with van der Waals surface area (Å²) in [6, 6.07) is 13.4. The number of hydrogen-bond donors (Lipinski definition) is 1. The molecule has 4 heterocycles. The first kappa shape index (κ1) is 22.4. The number of carbonyl (C=O) groups is 1. The molecule has 9 heteroatoms. The summed E-state index contributed by atoms with van der Waals surface area (Å²) in [7, 11) is 1.63. The van der Waals surface area contributed by atoms with Gasteiger partial charge in [0, 0.05) is 11.4 Å². The number of carbonyl (C=O) groups excluding carboxylic acids is 1. The van der Waals surface area contributed by atoms with Gasteiger partial charge in [0.05, 0.1) is 31.3 Å². The molecule has 4 aromatic rings. The molecule has 0 spiro atoms. The van der Waals surface area contributed by atoms with Gasteiger partial charge in [-0.25, -0.2) is 4.98 Å². The zero-order chi connectivity index (χ0) is 23.5. The van der Waals surface area contributed by atoms with Crippen LogP contribution in [0.4, 0.5) is 0 Å². The molecule has 0 radical (unpaired) electrons. The SMILES string of the molecule is COc1ccc(-c2cc3ncn(CC(=O)NCC(c4ccco4)N4CCCC4)c(=O)c3s2)cc1. The minimum atomic E-state index is -0.231. The maximum atomic E-state index is 13.1. The summed E-state index contributed by atoms with van der Waals surface area (Å²) in [5.74, 6) is 1.38. The van der Waals surface area contributed by atoms with Gasteiger partial charge in [-0.15, -0.1) is 11.3 Å². The smallest absolute Gasteiger partial charge is 0.271 e. The number of hydrogen-bond acceptors (Lipinski definition) is 7. The number of nitrogens with zero attached hydrogens (tertiary/aromatic N) is 3. The Balaban J connectivity index is 1.29. The molecular weight excluding hydrogens is 452 g/mol. The topological polar surface area (TPSA) is 89.6 Å². The minimum Gasteiger partial charge on any atom is -0.497 e. The van der Waals surface area contributed by atoms with Crippen LogP contribution in [-0.4, -0.2) is 47.1 Å². The lowest BCUT2D eigenvalue weighted by Crippen LogP contribution is -2.39. The second-order valence-electron chi connectivity index (χ2n) is 8.31. The lowest BCUT2D eigenvalue weighted by molar-refractivity contribution is -0.122. The maximum absolute atomic E-state index is 13.1. The number of aromatic nitrogens is 2. The van der Waals surface area contributed by atoms with Crippen molar-refractivity contribution in [2.45, 2.75) is 25.4 Å². The zero-order valence-corrected chi connectivity index (χ0v) is 19.7. The van der Waals surface area contributed by atoms with E-state index in [0.29, 0.717) is 16.8 Å². The summed E-state index contributed by atoms with van der Waals surface area (Å²) in [6.45, 7) is 2.31. The molecule has 8 nitrogen and oxygen atoms in total. The molecular formula is C25H26N4O4S. The van der Waals surface area contributed by atoms with Gasteiger partial charge >= 0.3 is 0 Å². The number of benzene rings is 1. The van der Waals surface area contributed by atoms with Gasteiger partial charge in [0.2, 0.25) is 5.91 Å². The number of furan rings is 1. The van der Waals surface area contributed by atoms with E-state index in [9.17, 15) is 9.59 Å². The van der Waals surface area contributed by atoms with E-state index in [1.807, 2.05) is 42.5 Å². The lowest BCUT2D eigenvalue weighted by Gasteiger charge is -2.26. The van der Waals surface area contributed by atoms with Crippen molar-refractivity contribution in [1.29, 1.82) is 0 Å². The molecule has 1 aliphatic heterocycles. The Morgan fingerprint density at radius 2 is 2.03 bits per heavy atom. The minimum absolute atomic E-state index is 0.0110. The number of methoxy groups -OCH3 is 1. The molecule has 1 aliphatic rings. The summed E-state index contributed by atoms with van der Waals surface area (Å²) in [4.78, 5) is 33.5. The third kappa shape index (κ3) is 4.62. The number of fused-ring (bicyclic) bond motifs is 1. The Labute approximate surface area is 200 Å². The largest absolute Gasteiger partial charge is 0.497 e. The third-order valence-corrected chi connectivity index (χ3v) is 7.30. The zero-order valence-electron chi connectivity index (χ0n) is 18.9. The first-order chi connectivity index (χ1) is 16.6. The summed E-state index contributed by atoms with van der Waals surface area (Å²) in [5, 5.41) is 2.98. The fourth-order valence-electron chi connectivity index (χ4n) is 4.32. The molecule has 176 valence electrons. The van der Waals surface area contributed by atoms with E-state index >= 15 is 0 Å². The Morgan fingerprint density at radius 1 is 1.24 bits per heavy atom. The highest BCUT2D eigenvalue weighted by atomic mass is 32.1. The van der Waals surface area contributed by atoms with Crippen LogP contribution in [-0.2, 0) is 11.3 Å². The molecule has 1 aromatic carbocycles. The van der Waals surface area contributed by atoms with E-state index in [1.54, 1.807) is 13.4 Å². The standard InChI is InChI=1S/C25H26N4O4S/c1-32-18-8-6-17(7-9-18)22-13-19-24(34-22)25(31)29(16-27-19)15-23(30)26-14-20(21-5-4-12-33-21)28-10-2-3-11-28/h4-9,12-13,16,20H,2-3,10-11,14-15H2,1H3,(H,26,30). The van der Waals surface area contributed by atoms with Gasteiger partial charge in [-0.05, 0) is 74.0 Å². The van der Waals surface area contributed by atoms with E-state index in [-0.39, 0.29) is 24.1 Å². The predicted molar refractivity (Wildman–Crippen MR) is 131 cm³/mol. The van der Waals surface area contributed by atoms with Crippen LogP contribution in [0.5, 0.6) is 5.75 Å². The van der Waals surface area contributed by atoms with Gasteiger partial charge in [-0.1, -0.05) is 0 Å². The van der Waals surface area contributed by atoms with Gasteiger partial charge in [0.1, 0.15) is 22.8 Å². The molecule has 34 heavy (non-hydrogen) atoms. The summed E-state index contributed by atoms with van der Waals surface area (Å²) in [5.41, 5.74) is 1.40. The number of rotatable bonds is 8. The Kier molecular flexibility index (Phi) is 6.46. The summed E-state index contributed by atoms with van der Waals surface area (Å²) >= 11 is 1.38. The number of ether oxygens (including phenoxy) is 1. The fourth-order valence-corrected chi connectivity index (χ4v) is 5.39. The van der Waals surface area contributed by atoms with Crippen molar-refractivity contribution in [2.24, 2.45) is 0 Å². The number of thiophene rings is 1. The van der Waals surface area contributed by atoms with Crippen LogP contribution in [0.1, 0.15) is 24.6 Å². The van der Waals surface area contributed by atoms with Crippen molar-refractivity contribution in [2.75, 3.05) is 26.7 Å². The maximum Gasteiger partial charge on any atom is 0.271 e. The van der Waals surface area contributed by atoms with Gasteiger partial charge in [-0.3, -0.25) is 19.1 Å². The Morgan fingerprint density at radius 3 is 2.74 bits per heavy atom. The van der Waals surface area contributed by atoms with Crippen molar-refractivity contribution in [3.8, 4) is 16.2 Å². The molecule has 1 fully saturated rings. The highest BCUT2D eigenvalue weighted by molar-refractivity contribution is 7.22. The summed E-state index contributed by atoms with van der Waals surface area (Å²) < 4.78 is 12.7. The van der Waals surface area contributed by atoms with Crippen LogP contribution in [0.3, 0.4) is 0 Å². The van der Waals surface area contributed by atoms with Gasteiger partial charge in [-0.2, -0.15) is 0 Å². The van der Waals surface area contributed by atoms with Gasteiger partial charge < -0.3 is 14.5 Å². The molecule has 1 unspecified atom stereocenters. The second-order valence-corrected chi connectivity index (χ2v) is 9.36. The average Bonchev–Trinajstić information content (AvgIpc) is 3.64. The average molecular weight is 479 g/mol. The van der Waals surface area contributed by atoms with Crippen LogP contribution < -0.4 is 15.6 Å². The van der Waals surface area contributed by atoms with E-state index in [1.165, 1.54) is 22.2 Å². The first-order valence-corrected chi connectivity index (χ1v) is 12.1. The van der Waals surface area contributed by atoms with Crippen LogP contribution in [0.15, 0.2) is 64.3 Å². The van der Waals surface area contributed by atoms with Crippen LogP contribution in [0.25, 0.3) is 20.7 Å². The van der Waals surface area contributed by atoms with E-state index < -0.39 is 0 Å². The number of amides is 1. The second kappa shape index (κ2) is 9.82. The number of nitrogens with one attached hydrogen (secondary N) is 1. The molecule has 0 bridgehead atoms. The normalized spacial score (nSPS) is 15.0. The molecule has 0 aliphatic carbocycles. The van der Waals surface area contributed by atoms with Crippen molar-refractivity contribution >= 4 is 27.5 Å².